The molecule has 0 fully saturated rings. The summed E-state index contributed by atoms with van der Waals surface area (Å²) < 4.78 is 0. The van der Waals surface area contributed by atoms with E-state index in [9.17, 15) is 0 Å². The largest absolute Gasteiger partial charge is 0.218 e. The van der Waals surface area contributed by atoms with Crippen molar-refractivity contribution in [2.24, 2.45) is 0 Å². The molecule has 0 saturated heterocycles. The van der Waals surface area contributed by atoms with Crippen LogP contribution < -0.4 is 0 Å². The van der Waals surface area contributed by atoms with E-state index in [1.54, 1.807) is 0 Å². The fraction of sp³-hybridized carbons (Fsp3) is 0.923. The van der Waals surface area contributed by atoms with Crippen molar-refractivity contribution in [2.45, 2.75) is 309 Å². The first-order chi connectivity index (χ1) is 27.3. The molecule has 0 N–H and O–H groups in total. The van der Waals surface area contributed by atoms with Crippen molar-refractivity contribution in [1.82, 2.24) is 15.0 Å². The third-order valence-electron chi connectivity index (χ3n) is 12.2. The number of aromatic nitrogens is 3. The van der Waals surface area contributed by atoms with Gasteiger partial charge in [0.15, 0.2) is 0 Å². The second-order valence-electron chi connectivity index (χ2n) is 17.8. The number of aryl methyl sites for hydroxylation is 3. The van der Waals surface area contributed by atoms with Crippen LogP contribution in [-0.2, 0) is 19.3 Å². The van der Waals surface area contributed by atoms with Crippen LogP contribution in [0.4, 0.5) is 0 Å². The highest BCUT2D eigenvalue weighted by Gasteiger charge is 2.07. The SMILES string of the molecule is [CH2]CCc1nc(CCCCCCCCCCCCCCCCCCCCCCC)nc(CCCCCCCCCCCCCCCCCCCCCCC)n1. The normalized spacial score (nSPS) is 11.6. The van der Waals surface area contributed by atoms with E-state index in [0.717, 1.165) is 43.2 Å². The van der Waals surface area contributed by atoms with Crippen LogP contribution in [0.2, 0.25) is 0 Å². The summed E-state index contributed by atoms with van der Waals surface area (Å²) in [6, 6.07) is 0. The molecule has 0 aliphatic heterocycles. The molecule has 0 unspecified atom stereocenters. The minimum Gasteiger partial charge on any atom is -0.218 e. The van der Waals surface area contributed by atoms with Crippen LogP contribution in [0, 0.1) is 6.92 Å². The molecule has 1 aromatic heterocycles. The van der Waals surface area contributed by atoms with Gasteiger partial charge in [0.05, 0.1) is 0 Å². The Morgan fingerprint density at radius 3 is 0.582 bits per heavy atom. The Hall–Kier alpha value is -0.990. The van der Waals surface area contributed by atoms with Crippen molar-refractivity contribution in [3.05, 3.63) is 24.4 Å². The first-order valence-electron chi connectivity index (χ1n) is 25.8. The Kier molecular flexibility index (Phi) is 41.7. The molecule has 3 nitrogen and oxygen atoms in total. The minimum absolute atomic E-state index is 0.863. The summed E-state index contributed by atoms with van der Waals surface area (Å²) in [7, 11) is 0. The first-order valence-corrected chi connectivity index (χ1v) is 25.8. The lowest BCUT2D eigenvalue weighted by molar-refractivity contribution is 0.519. The monoisotopic (exact) mass is 767 g/mol. The van der Waals surface area contributed by atoms with Gasteiger partial charge in [-0.2, -0.15) is 0 Å². The predicted molar refractivity (Wildman–Crippen MR) is 246 cm³/mol. The van der Waals surface area contributed by atoms with E-state index < -0.39 is 0 Å². The highest BCUT2D eigenvalue weighted by molar-refractivity contribution is 4.99. The molecule has 0 amide bonds. The lowest BCUT2D eigenvalue weighted by atomic mass is 10.0. The third kappa shape index (κ3) is 38.3. The molecule has 0 aliphatic carbocycles. The maximum atomic E-state index is 4.92. The Morgan fingerprint density at radius 2 is 0.400 bits per heavy atom. The number of hydrogen-bond donors (Lipinski definition) is 0. The number of nitrogens with zero attached hydrogens (tertiary/aromatic N) is 3. The van der Waals surface area contributed by atoms with Crippen LogP contribution in [0.25, 0.3) is 0 Å². The maximum Gasteiger partial charge on any atom is 0.132 e. The van der Waals surface area contributed by atoms with Gasteiger partial charge in [-0.15, -0.1) is 0 Å². The Bertz CT molecular complexity index is 804. The molecule has 0 bridgehead atoms. The average molecular weight is 767 g/mol. The fourth-order valence-corrected chi connectivity index (χ4v) is 8.45. The minimum atomic E-state index is 0.863. The van der Waals surface area contributed by atoms with E-state index in [1.165, 1.54) is 270 Å². The summed E-state index contributed by atoms with van der Waals surface area (Å²) in [6.45, 7) is 8.67. The van der Waals surface area contributed by atoms with Gasteiger partial charge in [0.25, 0.3) is 0 Å². The van der Waals surface area contributed by atoms with Crippen molar-refractivity contribution in [2.75, 3.05) is 0 Å². The van der Waals surface area contributed by atoms with Gasteiger partial charge in [-0.05, 0) is 19.3 Å². The summed E-state index contributed by atoms with van der Waals surface area (Å²) in [6.07, 6.45) is 63.7. The van der Waals surface area contributed by atoms with Gasteiger partial charge < -0.3 is 0 Å². The summed E-state index contributed by atoms with van der Waals surface area (Å²) in [5.74, 6) is 3.05. The van der Waals surface area contributed by atoms with Crippen LogP contribution in [0.15, 0.2) is 0 Å². The van der Waals surface area contributed by atoms with Gasteiger partial charge in [0.1, 0.15) is 17.5 Å². The molecule has 0 spiro atoms. The van der Waals surface area contributed by atoms with E-state index in [-0.39, 0.29) is 0 Å². The van der Waals surface area contributed by atoms with Gasteiger partial charge >= 0.3 is 0 Å². The van der Waals surface area contributed by atoms with Gasteiger partial charge in [-0.3, -0.25) is 0 Å². The lowest BCUT2D eigenvalue weighted by Crippen LogP contribution is -2.08. The zero-order valence-electron chi connectivity index (χ0n) is 38.1. The summed E-state index contributed by atoms with van der Waals surface area (Å²) in [4.78, 5) is 14.6. The zero-order valence-corrected chi connectivity index (χ0v) is 38.1. The molecular weight excluding hydrogens is 667 g/mol. The fourth-order valence-electron chi connectivity index (χ4n) is 8.45. The van der Waals surface area contributed by atoms with Crippen LogP contribution in [0.1, 0.15) is 307 Å². The van der Waals surface area contributed by atoms with Crippen LogP contribution >= 0.6 is 0 Å². The van der Waals surface area contributed by atoms with Gasteiger partial charge in [0, 0.05) is 19.3 Å². The average Bonchev–Trinajstić information content (AvgIpc) is 3.19. The second-order valence-corrected chi connectivity index (χ2v) is 17.8. The number of rotatable bonds is 46. The van der Waals surface area contributed by atoms with E-state index in [4.69, 9.17) is 15.0 Å². The molecule has 0 aromatic carbocycles. The van der Waals surface area contributed by atoms with Gasteiger partial charge in [0.2, 0.25) is 0 Å². The second kappa shape index (κ2) is 44.1. The zero-order chi connectivity index (χ0) is 39.4. The van der Waals surface area contributed by atoms with E-state index in [2.05, 4.69) is 20.8 Å². The molecule has 323 valence electrons. The van der Waals surface area contributed by atoms with Crippen molar-refractivity contribution >= 4 is 0 Å². The van der Waals surface area contributed by atoms with Crippen molar-refractivity contribution in [3.63, 3.8) is 0 Å². The topological polar surface area (TPSA) is 38.7 Å². The van der Waals surface area contributed by atoms with Gasteiger partial charge in [-0.25, -0.2) is 15.0 Å². The number of hydrogen-bond acceptors (Lipinski definition) is 3. The highest BCUT2D eigenvalue weighted by Crippen LogP contribution is 2.18. The molecular formula is C52H100N3. The predicted octanol–water partition coefficient (Wildman–Crippen LogP) is 18.1. The van der Waals surface area contributed by atoms with E-state index in [1.807, 2.05) is 0 Å². The smallest absolute Gasteiger partial charge is 0.132 e. The Labute approximate surface area is 347 Å². The Balaban J connectivity index is 1.93. The van der Waals surface area contributed by atoms with Crippen LogP contribution in [0.5, 0.6) is 0 Å². The first kappa shape index (κ1) is 52.0. The van der Waals surface area contributed by atoms with E-state index >= 15 is 0 Å². The highest BCUT2D eigenvalue weighted by atomic mass is 15.0. The van der Waals surface area contributed by atoms with E-state index in [0.29, 0.717) is 0 Å². The molecule has 1 rings (SSSR count). The Morgan fingerprint density at radius 1 is 0.236 bits per heavy atom. The third-order valence-corrected chi connectivity index (χ3v) is 12.2. The van der Waals surface area contributed by atoms with Crippen molar-refractivity contribution in [1.29, 1.82) is 0 Å². The molecule has 0 atom stereocenters. The summed E-state index contributed by atoms with van der Waals surface area (Å²) in [5, 5.41) is 0. The van der Waals surface area contributed by atoms with Gasteiger partial charge in [-0.1, -0.05) is 278 Å². The molecule has 1 radical (unpaired) electrons. The molecule has 1 aromatic rings. The number of unbranched alkanes of at least 4 members (excludes halogenated alkanes) is 40. The summed E-state index contributed by atoms with van der Waals surface area (Å²) >= 11 is 0. The molecule has 0 aliphatic rings. The van der Waals surface area contributed by atoms with Crippen molar-refractivity contribution in [3.8, 4) is 0 Å². The van der Waals surface area contributed by atoms with Crippen molar-refractivity contribution < 1.29 is 0 Å². The lowest BCUT2D eigenvalue weighted by Gasteiger charge is -2.08. The quantitative estimate of drug-likeness (QED) is 0.0620. The maximum absolute atomic E-state index is 4.92. The van der Waals surface area contributed by atoms with Crippen LogP contribution in [-0.4, -0.2) is 15.0 Å². The molecule has 0 saturated carbocycles. The van der Waals surface area contributed by atoms with Crippen LogP contribution in [0.3, 0.4) is 0 Å². The molecule has 3 heteroatoms. The molecule has 55 heavy (non-hydrogen) atoms. The molecule has 1 heterocycles. The summed E-state index contributed by atoms with van der Waals surface area (Å²) in [5.41, 5.74) is 0. The standard InChI is InChI=1S/C52H100N3/c1-4-7-9-11-13-15-17-19-21-23-25-27-29-31-33-35-37-39-41-43-45-48-51-53-50(47-6-3)54-52(55-51)49-46-44-42-40-38-36-34-32-30-28-26-24-22-20-18-16-14-12-10-8-5-2/h3-49H2,1-2H3.